The molecule has 0 unspecified atom stereocenters. The molecule has 0 aliphatic heterocycles. The number of hydrogen-bond donors (Lipinski definition) is 2. The summed E-state index contributed by atoms with van der Waals surface area (Å²) in [5.41, 5.74) is 4.17. The molecule has 4 nitrogen and oxygen atoms in total. The molecule has 0 aliphatic rings. The normalized spacial score (nSPS) is 10.7. The van der Waals surface area contributed by atoms with Crippen molar-refractivity contribution in [2.45, 2.75) is 25.4 Å². The van der Waals surface area contributed by atoms with Crippen LogP contribution < -0.4 is 5.32 Å². The van der Waals surface area contributed by atoms with Gasteiger partial charge in [0.05, 0.1) is 11.4 Å². The van der Waals surface area contributed by atoms with Crippen LogP contribution >= 0.6 is 11.8 Å². The van der Waals surface area contributed by atoms with E-state index in [0.29, 0.717) is 16.4 Å². The molecule has 134 valence electrons. The largest absolute Gasteiger partial charge is 0.337 e. The van der Waals surface area contributed by atoms with Crippen molar-refractivity contribution in [2.24, 2.45) is 0 Å². The number of nitrogens with zero attached hydrogens (tertiary/aromatic N) is 1. The number of aromatic nitrogens is 2. The quantitative estimate of drug-likeness (QED) is 0.630. The number of thioether (sulfide) groups is 1. The molecule has 0 saturated heterocycles. The number of aryl methyl sites for hydroxylation is 2. The summed E-state index contributed by atoms with van der Waals surface area (Å²) in [6.07, 6.45) is 0.749. The van der Waals surface area contributed by atoms with Crippen molar-refractivity contribution in [2.75, 3.05) is 11.1 Å². The van der Waals surface area contributed by atoms with E-state index in [-0.39, 0.29) is 17.5 Å². The number of nitrogens with one attached hydrogen (secondary N) is 2. The Hall–Kier alpha value is -2.60. The van der Waals surface area contributed by atoms with Crippen molar-refractivity contribution in [3.63, 3.8) is 0 Å². The zero-order chi connectivity index (χ0) is 18.5. The van der Waals surface area contributed by atoms with Gasteiger partial charge in [-0.15, -0.1) is 0 Å². The maximum atomic E-state index is 13.5. The third kappa shape index (κ3) is 4.73. The number of hydrogen-bond acceptors (Lipinski definition) is 3. The van der Waals surface area contributed by atoms with E-state index in [2.05, 4.69) is 27.4 Å². The maximum absolute atomic E-state index is 13.5. The summed E-state index contributed by atoms with van der Waals surface area (Å²) < 4.78 is 13.5. The molecule has 3 aromatic rings. The Morgan fingerprint density at radius 3 is 2.69 bits per heavy atom. The number of carbonyl (C=O) groups excluding carboxylic acids is 1. The van der Waals surface area contributed by atoms with Crippen molar-refractivity contribution in [3.05, 3.63) is 76.9 Å². The molecule has 0 spiro atoms. The lowest BCUT2D eigenvalue weighted by Gasteiger charge is -2.05. The Morgan fingerprint density at radius 2 is 1.96 bits per heavy atom. The first-order valence-electron chi connectivity index (χ1n) is 8.29. The monoisotopic (exact) mass is 369 g/mol. The van der Waals surface area contributed by atoms with E-state index in [1.54, 1.807) is 19.1 Å². The molecule has 2 aromatic carbocycles. The molecule has 0 radical (unpaired) electrons. The van der Waals surface area contributed by atoms with Crippen LogP contribution in [0.5, 0.6) is 0 Å². The van der Waals surface area contributed by atoms with Crippen LogP contribution in [-0.4, -0.2) is 21.6 Å². The summed E-state index contributed by atoms with van der Waals surface area (Å²) in [6, 6.07) is 14.8. The fourth-order valence-corrected chi connectivity index (χ4v) is 3.24. The zero-order valence-electron chi connectivity index (χ0n) is 14.7. The van der Waals surface area contributed by atoms with Gasteiger partial charge in [0, 0.05) is 17.8 Å². The number of aromatic amines is 1. The van der Waals surface area contributed by atoms with Gasteiger partial charge in [-0.2, -0.15) is 0 Å². The van der Waals surface area contributed by atoms with E-state index < -0.39 is 0 Å². The van der Waals surface area contributed by atoms with E-state index in [9.17, 15) is 9.18 Å². The molecule has 3 rings (SSSR count). The van der Waals surface area contributed by atoms with Crippen LogP contribution in [0.25, 0.3) is 0 Å². The molecule has 1 aromatic heterocycles. The minimum atomic E-state index is -0.331. The van der Waals surface area contributed by atoms with Crippen LogP contribution in [-0.2, 0) is 11.2 Å². The van der Waals surface area contributed by atoms with Gasteiger partial charge >= 0.3 is 0 Å². The minimum Gasteiger partial charge on any atom is -0.337 e. The molecular weight excluding hydrogens is 349 g/mol. The SMILES string of the molecule is Cc1ccc(NC(=O)CSc2nc(Cc3ccccc3)c(C)[nH]2)cc1F. The van der Waals surface area contributed by atoms with E-state index >= 15 is 0 Å². The molecule has 0 aliphatic carbocycles. The van der Waals surface area contributed by atoms with Gasteiger partial charge in [-0.25, -0.2) is 9.37 Å². The second-order valence-corrected chi connectivity index (χ2v) is 7.04. The highest BCUT2D eigenvalue weighted by molar-refractivity contribution is 7.99. The molecule has 2 N–H and O–H groups in total. The molecule has 0 bridgehead atoms. The van der Waals surface area contributed by atoms with Crippen LogP contribution in [0.2, 0.25) is 0 Å². The molecular formula is C20H20FN3OS. The summed E-state index contributed by atoms with van der Waals surface area (Å²) >= 11 is 1.33. The van der Waals surface area contributed by atoms with Gasteiger partial charge in [0.1, 0.15) is 5.82 Å². The minimum absolute atomic E-state index is 0.197. The Balaban J connectivity index is 1.56. The lowest BCUT2D eigenvalue weighted by molar-refractivity contribution is -0.113. The van der Waals surface area contributed by atoms with Crippen molar-refractivity contribution < 1.29 is 9.18 Å². The molecule has 1 amide bonds. The Kier molecular flexibility index (Phi) is 5.73. The summed E-state index contributed by atoms with van der Waals surface area (Å²) in [4.78, 5) is 19.9. The summed E-state index contributed by atoms with van der Waals surface area (Å²) in [5, 5.41) is 3.41. The van der Waals surface area contributed by atoms with Crippen molar-refractivity contribution in [1.29, 1.82) is 0 Å². The Labute approximate surface area is 156 Å². The van der Waals surface area contributed by atoms with Crippen molar-refractivity contribution in [3.8, 4) is 0 Å². The first-order valence-corrected chi connectivity index (χ1v) is 9.28. The topological polar surface area (TPSA) is 57.8 Å². The van der Waals surface area contributed by atoms with Crippen molar-refractivity contribution >= 4 is 23.4 Å². The van der Waals surface area contributed by atoms with Gasteiger partial charge in [-0.1, -0.05) is 48.2 Å². The van der Waals surface area contributed by atoms with E-state index in [1.807, 2.05) is 25.1 Å². The van der Waals surface area contributed by atoms with Crippen molar-refractivity contribution in [1.82, 2.24) is 9.97 Å². The van der Waals surface area contributed by atoms with Gasteiger partial charge in [-0.05, 0) is 37.1 Å². The first kappa shape index (κ1) is 18.2. The van der Waals surface area contributed by atoms with Crippen LogP contribution in [0.15, 0.2) is 53.7 Å². The smallest absolute Gasteiger partial charge is 0.234 e. The third-order valence-corrected chi connectivity index (χ3v) is 4.85. The second-order valence-electron chi connectivity index (χ2n) is 6.08. The Morgan fingerprint density at radius 1 is 1.19 bits per heavy atom. The van der Waals surface area contributed by atoms with Gasteiger partial charge in [0.25, 0.3) is 0 Å². The summed E-state index contributed by atoms with van der Waals surface area (Å²) in [6.45, 7) is 3.66. The standard InChI is InChI=1S/C20H20FN3OS/c1-13-8-9-16(11-17(13)21)23-19(25)12-26-20-22-14(2)18(24-20)10-15-6-4-3-5-7-15/h3-9,11H,10,12H2,1-2H3,(H,22,24)(H,23,25). The van der Waals surface area contributed by atoms with Crippen LogP contribution in [0, 0.1) is 19.7 Å². The number of imidazole rings is 1. The average molecular weight is 369 g/mol. The highest BCUT2D eigenvalue weighted by Gasteiger charge is 2.11. The number of benzene rings is 2. The highest BCUT2D eigenvalue weighted by atomic mass is 32.2. The number of amides is 1. The molecule has 0 fully saturated rings. The number of halogens is 1. The Bertz CT molecular complexity index is 909. The fraction of sp³-hybridized carbons (Fsp3) is 0.200. The molecule has 26 heavy (non-hydrogen) atoms. The van der Waals surface area contributed by atoms with Gasteiger partial charge in [-0.3, -0.25) is 4.79 Å². The van der Waals surface area contributed by atoms with E-state index in [1.165, 1.54) is 23.4 Å². The highest BCUT2D eigenvalue weighted by Crippen LogP contribution is 2.20. The molecule has 6 heteroatoms. The number of H-pyrrole nitrogens is 1. The lowest BCUT2D eigenvalue weighted by Crippen LogP contribution is -2.14. The lowest BCUT2D eigenvalue weighted by atomic mass is 10.1. The predicted octanol–water partition coefficient (Wildman–Crippen LogP) is 4.49. The molecule has 0 atom stereocenters. The van der Waals surface area contributed by atoms with Crippen LogP contribution in [0.3, 0.4) is 0 Å². The number of anilines is 1. The zero-order valence-corrected chi connectivity index (χ0v) is 15.5. The maximum Gasteiger partial charge on any atom is 0.234 e. The fourth-order valence-electron chi connectivity index (χ4n) is 2.50. The third-order valence-electron chi connectivity index (χ3n) is 3.97. The van der Waals surface area contributed by atoms with E-state index in [0.717, 1.165) is 17.8 Å². The predicted molar refractivity (Wildman–Crippen MR) is 103 cm³/mol. The van der Waals surface area contributed by atoms with Crippen LogP contribution in [0.4, 0.5) is 10.1 Å². The molecule has 1 heterocycles. The van der Waals surface area contributed by atoms with Gasteiger partial charge < -0.3 is 10.3 Å². The molecule has 0 saturated carbocycles. The average Bonchev–Trinajstić information content (AvgIpc) is 2.97. The van der Waals surface area contributed by atoms with E-state index in [4.69, 9.17) is 0 Å². The second kappa shape index (κ2) is 8.19. The van der Waals surface area contributed by atoms with Crippen LogP contribution in [0.1, 0.15) is 22.5 Å². The first-order chi connectivity index (χ1) is 12.5. The summed E-state index contributed by atoms with van der Waals surface area (Å²) in [7, 11) is 0. The van der Waals surface area contributed by atoms with Gasteiger partial charge in [0.15, 0.2) is 5.16 Å². The van der Waals surface area contributed by atoms with Gasteiger partial charge in [0.2, 0.25) is 5.91 Å². The number of rotatable bonds is 6. The summed E-state index contributed by atoms with van der Waals surface area (Å²) in [5.74, 6) is -0.327. The number of carbonyl (C=O) groups is 1.